The maximum absolute atomic E-state index is 10.4. The minimum atomic E-state index is -1.17. The average molecular weight is 296 g/mol. The third-order valence-electron chi connectivity index (χ3n) is 2.78. The van der Waals surface area contributed by atoms with E-state index in [1.165, 1.54) is 13.8 Å². The van der Waals surface area contributed by atoms with Crippen molar-refractivity contribution in [2.24, 2.45) is 11.5 Å². The highest BCUT2D eigenvalue weighted by molar-refractivity contribution is 5.78. The van der Waals surface area contributed by atoms with Crippen molar-refractivity contribution in [3.8, 4) is 24.7 Å². The number of carbonyl (C=O) groups is 2. The molecule has 0 heterocycles. The average Bonchev–Trinajstić information content (AvgIpc) is 2.37. The molecular weight excluding hydrogens is 272 g/mol. The first-order chi connectivity index (χ1) is 9.51. The summed E-state index contributed by atoms with van der Waals surface area (Å²) in [5.74, 6) is 2.78. The van der Waals surface area contributed by atoms with Gasteiger partial charge in [0, 0.05) is 12.8 Å². The molecule has 0 unspecified atom stereocenters. The zero-order chi connectivity index (χ0) is 17.1. The molecule has 118 valence electrons. The van der Waals surface area contributed by atoms with Gasteiger partial charge in [-0.3, -0.25) is 9.59 Å². The summed E-state index contributed by atoms with van der Waals surface area (Å²) in [6, 6.07) is 0. The Bertz CT molecular complexity index is 428. The van der Waals surface area contributed by atoms with Crippen LogP contribution in [0, 0.1) is 24.7 Å². The van der Waals surface area contributed by atoms with Gasteiger partial charge in [-0.05, 0) is 33.1 Å². The minimum Gasteiger partial charge on any atom is -0.480 e. The first kappa shape index (κ1) is 21.3. The smallest absolute Gasteiger partial charge is 0.323 e. The monoisotopic (exact) mass is 296 g/mol. The van der Waals surface area contributed by atoms with Crippen molar-refractivity contribution in [3.05, 3.63) is 0 Å². The van der Waals surface area contributed by atoms with Crippen LogP contribution < -0.4 is 11.5 Å². The van der Waals surface area contributed by atoms with Gasteiger partial charge in [0.15, 0.2) is 0 Å². The molecule has 0 spiro atoms. The van der Waals surface area contributed by atoms with Gasteiger partial charge in [0.1, 0.15) is 11.1 Å². The highest BCUT2D eigenvalue weighted by atomic mass is 16.4. The lowest BCUT2D eigenvalue weighted by Crippen LogP contribution is -2.44. The Balaban J connectivity index is 0. The molecule has 21 heavy (non-hydrogen) atoms. The van der Waals surface area contributed by atoms with Crippen molar-refractivity contribution in [2.45, 2.75) is 57.0 Å². The van der Waals surface area contributed by atoms with Crippen LogP contribution in [0.2, 0.25) is 0 Å². The Morgan fingerprint density at radius 1 is 0.952 bits per heavy atom. The summed E-state index contributed by atoms with van der Waals surface area (Å²) in [6.45, 7) is 2.94. The van der Waals surface area contributed by atoms with Gasteiger partial charge >= 0.3 is 11.9 Å². The zero-order valence-electron chi connectivity index (χ0n) is 12.6. The lowest BCUT2D eigenvalue weighted by Gasteiger charge is -2.17. The Morgan fingerprint density at radius 3 is 1.67 bits per heavy atom. The van der Waals surface area contributed by atoms with Crippen LogP contribution in [-0.2, 0) is 9.59 Å². The molecule has 2 atom stereocenters. The summed E-state index contributed by atoms with van der Waals surface area (Å²) in [7, 11) is 0. The van der Waals surface area contributed by atoms with Gasteiger partial charge in [-0.1, -0.05) is 0 Å². The van der Waals surface area contributed by atoms with Crippen LogP contribution in [0.4, 0.5) is 0 Å². The minimum absolute atomic E-state index is 0.318. The number of nitrogens with two attached hydrogens (primary N) is 2. The second-order valence-electron chi connectivity index (χ2n) is 5.21. The van der Waals surface area contributed by atoms with Gasteiger partial charge in [0.2, 0.25) is 0 Å². The lowest BCUT2D eigenvalue weighted by molar-refractivity contribution is -0.143. The first-order valence-corrected chi connectivity index (χ1v) is 6.42. The molecule has 0 aliphatic heterocycles. The molecule has 0 radical (unpaired) electrons. The zero-order valence-corrected chi connectivity index (χ0v) is 12.6. The molecule has 0 amide bonds. The molecular formula is C15H24N2O4. The Hall–Kier alpha value is -2.02. The quantitative estimate of drug-likeness (QED) is 0.406. The topological polar surface area (TPSA) is 127 Å². The highest BCUT2D eigenvalue weighted by Gasteiger charge is 2.27. The molecule has 0 aromatic heterocycles. The Morgan fingerprint density at radius 2 is 1.33 bits per heavy atom. The molecule has 6 nitrogen and oxygen atoms in total. The van der Waals surface area contributed by atoms with Gasteiger partial charge in [-0.2, -0.15) is 0 Å². The molecule has 0 aromatic carbocycles. The van der Waals surface area contributed by atoms with Crippen LogP contribution in [0.5, 0.6) is 0 Å². The number of terminal acetylenes is 2. The first-order valence-electron chi connectivity index (χ1n) is 6.42. The summed E-state index contributed by atoms with van der Waals surface area (Å²) < 4.78 is 0. The van der Waals surface area contributed by atoms with E-state index in [1.54, 1.807) is 0 Å². The van der Waals surface area contributed by atoms with Gasteiger partial charge < -0.3 is 21.7 Å². The van der Waals surface area contributed by atoms with E-state index in [0.29, 0.717) is 32.1 Å². The predicted octanol–water partition coefficient (Wildman–Crippen LogP) is 0.794. The third kappa shape index (κ3) is 10.4. The Kier molecular flexibility index (Phi) is 9.95. The maximum atomic E-state index is 10.4. The number of aliphatic carboxylic acids is 2. The lowest BCUT2D eigenvalue weighted by atomic mass is 9.97. The number of unbranched alkanes of at least 4 members (excludes halogenated alkanes) is 1. The predicted molar refractivity (Wildman–Crippen MR) is 81.2 cm³/mol. The van der Waals surface area contributed by atoms with E-state index in [4.69, 9.17) is 34.5 Å². The van der Waals surface area contributed by atoms with E-state index in [0.717, 1.165) is 0 Å². The second kappa shape index (κ2) is 9.82. The SMILES string of the molecule is C#CCCC[C@](C)(N)C(=O)O.C#CCC[C@@](C)(N)C(=O)O. The summed E-state index contributed by atoms with van der Waals surface area (Å²) >= 11 is 0. The van der Waals surface area contributed by atoms with E-state index in [1.807, 2.05) is 0 Å². The fraction of sp³-hybridized carbons (Fsp3) is 0.600. The van der Waals surface area contributed by atoms with Crippen molar-refractivity contribution in [2.75, 3.05) is 0 Å². The molecule has 0 aliphatic carbocycles. The largest absolute Gasteiger partial charge is 0.480 e. The fourth-order valence-corrected chi connectivity index (χ4v) is 1.10. The van der Waals surface area contributed by atoms with Crippen molar-refractivity contribution >= 4 is 11.9 Å². The summed E-state index contributed by atoms with van der Waals surface area (Å²) in [5.41, 5.74) is 8.48. The van der Waals surface area contributed by atoms with Gasteiger partial charge in [-0.15, -0.1) is 24.7 Å². The Labute approximate surface area is 125 Å². The van der Waals surface area contributed by atoms with E-state index < -0.39 is 23.0 Å². The van der Waals surface area contributed by atoms with Crippen molar-refractivity contribution in [3.63, 3.8) is 0 Å². The summed E-state index contributed by atoms with van der Waals surface area (Å²) in [4.78, 5) is 20.8. The van der Waals surface area contributed by atoms with Crippen LogP contribution in [0.15, 0.2) is 0 Å². The van der Waals surface area contributed by atoms with Crippen LogP contribution in [-0.4, -0.2) is 33.2 Å². The van der Waals surface area contributed by atoms with Gasteiger partial charge in [-0.25, -0.2) is 0 Å². The van der Waals surface area contributed by atoms with Gasteiger partial charge in [0.05, 0.1) is 0 Å². The highest BCUT2D eigenvalue weighted by Crippen LogP contribution is 2.10. The van der Waals surface area contributed by atoms with Crippen LogP contribution in [0.25, 0.3) is 0 Å². The summed E-state index contributed by atoms with van der Waals surface area (Å²) in [6.07, 6.45) is 12.3. The maximum Gasteiger partial charge on any atom is 0.323 e. The molecule has 6 N–H and O–H groups in total. The van der Waals surface area contributed by atoms with Crippen molar-refractivity contribution in [1.82, 2.24) is 0 Å². The molecule has 0 saturated heterocycles. The van der Waals surface area contributed by atoms with Gasteiger partial charge in [0.25, 0.3) is 0 Å². The fourth-order valence-electron chi connectivity index (χ4n) is 1.10. The van der Waals surface area contributed by atoms with Crippen LogP contribution in [0.3, 0.4) is 0 Å². The third-order valence-corrected chi connectivity index (χ3v) is 2.78. The molecule has 6 heteroatoms. The molecule has 0 aliphatic rings. The standard InChI is InChI=1S/C8H13NO2.C7H11NO2/c1-3-4-5-6-8(2,9)7(10)11;1-3-4-5-7(2,8)6(9)10/h1H,4-6,9H2,2H3,(H,10,11);1H,4-5,8H2,2H3,(H,9,10)/t8-;7-/m01/s1. The van der Waals surface area contributed by atoms with E-state index in [2.05, 4.69) is 11.8 Å². The number of hydrogen-bond acceptors (Lipinski definition) is 4. The molecule has 0 aromatic rings. The van der Waals surface area contributed by atoms with Crippen LogP contribution >= 0.6 is 0 Å². The molecule has 0 saturated carbocycles. The number of carboxylic acids is 2. The number of rotatable bonds is 7. The molecule has 0 bridgehead atoms. The number of hydrogen-bond donors (Lipinski definition) is 4. The normalized spacial score (nSPS) is 15.1. The molecule has 0 fully saturated rings. The van der Waals surface area contributed by atoms with E-state index in [-0.39, 0.29) is 0 Å². The summed E-state index contributed by atoms with van der Waals surface area (Å²) in [5, 5.41) is 17.0. The van der Waals surface area contributed by atoms with E-state index in [9.17, 15) is 9.59 Å². The van der Waals surface area contributed by atoms with Crippen molar-refractivity contribution < 1.29 is 19.8 Å². The van der Waals surface area contributed by atoms with Crippen molar-refractivity contribution in [1.29, 1.82) is 0 Å². The van der Waals surface area contributed by atoms with E-state index >= 15 is 0 Å². The van der Waals surface area contributed by atoms with Crippen LogP contribution in [0.1, 0.15) is 46.0 Å². The second-order valence-corrected chi connectivity index (χ2v) is 5.21. The number of carboxylic acid groups (broad SMARTS) is 2. The molecule has 0 rings (SSSR count).